The lowest BCUT2D eigenvalue weighted by Gasteiger charge is -2.08. The van der Waals surface area contributed by atoms with Gasteiger partial charge in [-0.3, -0.25) is 14.6 Å². The van der Waals surface area contributed by atoms with Crippen LogP contribution >= 0.6 is 23.2 Å². The van der Waals surface area contributed by atoms with Gasteiger partial charge in [-0.2, -0.15) is 0 Å². The maximum atomic E-state index is 13.5. The molecule has 0 aliphatic heterocycles. The summed E-state index contributed by atoms with van der Waals surface area (Å²) in [4.78, 5) is 27.3. The van der Waals surface area contributed by atoms with Gasteiger partial charge in [-0.1, -0.05) is 23.2 Å². The molecule has 2 N–H and O–H groups in total. The maximum Gasteiger partial charge on any atom is 0.270 e. The number of carbonyl (C=O) groups is 2. The minimum absolute atomic E-state index is 0.0236. The predicted octanol–water partition coefficient (Wildman–Crippen LogP) is 2.90. The zero-order valence-corrected chi connectivity index (χ0v) is 12.6. The third-order valence-corrected chi connectivity index (χ3v) is 3.04. The van der Waals surface area contributed by atoms with E-state index in [4.69, 9.17) is 23.2 Å². The molecule has 0 atom stereocenters. The van der Waals surface area contributed by atoms with Crippen LogP contribution in [-0.2, 0) is 4.79 Å². The number of aromatic nitrogens is 1. The second kappa shape index (κ2) is 7.20. The van der Waals surface area contributed by atoms with Crippen LogP contribution < -0.4 is 10.6 Å². The van der Waals surface area contributed by atoms with Gasteiger partial charge >= 0.3 is 0 Å². The van der Waals surface area contributed by atoms with Crippen molar-refractivity contribution < 1.29 is 14.0 Å². The summed E-state index contributed by atoms with van der Waals surface area (Å²) < 4.78 is 13.5. The molecular formula is C14H10Cl2FN3O2. The fourth-order valence-corrected chi connectivity index (χ4v) is 1.88. The first-order valence-corrected chi connectivity index (χ1v) is 6.86. The van der Waals surface area contributed by atoms with E-state index in [0.29, 0.717) is 5.02 Å². The average molecular weight is 342 g/mol. The molecule has 2 amide bonds. The van der Waals surface area contributed by atoms with Crippen LogP contribution in [0.25, 0.3) is 0 Å². The standard InChI is InChI=1S/C14H10Cl2FN3O2/c15-8-1-2-11(10(17)5-8)20-13(21)7-19-14(22)12-6-9(16)3-4-18-12/h1-6H,7H2,(H,19,22)(H,20,21). The fraction of sp³-hybridized carbons (Fsp3) is 0.0714. The SMILES string of the molecule is O=C(CNC(=O)c1cc(Cl)ccn1)Nc1ccc(Cl)cc1F. The molecule has 0 saturated carbocycles. The highest BCUT2D eigenvalue weighted by Gasteiger charge is 2.11. The van der Waals surface area contributed by atoms with Crippen LogP contribution in [0.1, 0.15) is 10.5 Å². The predicted molar refractivity (Wildman–Crippen MR) is 81.6 cm³/mol. The van der Waals surface area contributed by atoms with Crippen LogP contribution in [0.2, 0.25) is 10.0 Å². The van der Waals surface area contributed by atoms with E-state index < -0.39 is 17.6 Å². The van der Waals surface area contributed by atoms with E-state index >= 15 is 0 Å². The smallest absolute Gasteiger partial charge is 0.270 e. The van der Waals surface area contributed by atoms with Gasteiger partial charge in [0, 0.05) is 16.2 Å². The van der Waals surface area contributed by atoms with Crippen molar-refractivity contribution in [2.24, 2.45) is 0 Å². The van der Waals surface area contributed by atoms with E-state index in [9.17, 15) is 14.0 Å². The third-order valence-electron chi connectivity index (χ3n) is 2.57. The van der Waals surface area contributed by atoms with Crippen LogP contribution in [-0.4, -0.2) is 23.3 Å². The summed E-state index contributed by atoms with van der Waals surface area (Å²) in [6, 6.07) is 6.73. The maximum absolute atomic E-state index is 13.5. The van der Waals surface area contributed by atoms with E-state index in [2.05, 4.69) is 15.6 Å². The number of hydrogen-bond donors (Lipinski definition) is 2. The Morgan fingerprint density at radius 3 is 2.55 bits per heavy atom. The molecule has 8 heteroatoms. The first-order chi connectivity index (χ1) is 10.5. The Morgan fingerprint density at radius 1 is 1.14 bits per heavy atom. The topological polar surface area (TPSA) is 71.1 Å². The normalized spacial score (nSPS) is 10.1. The second-order valence-corrected chi connectivity index (χ2v) is 5.09. The van der Waals surface area contributed by atoms with Crippen molar-refractivity contribution in [3.63, 3.8) is 0 Å². The molecule has 1 aromatic heterocycles. The van der Waals surface area contributed by atoms with Gasteiger partial charge in [0.05, 0.1) is 12.2 Å². The minimum Gasteiger partial charge on any atom is -0.342 e. The first kappa shape index (κ1) is 16.2. The highest BCUT2D eigenvalue weighted by Crippen LogP contribution is 2.18. The van der Waals surface area contributed by atoms with Gasteiger partial charge in [0.25, 0.3) is 5.91 Å². The molecule has 114 valence electrons. The van der Waals surface area contributed by atoms with Crippen molar-refractivity contribution >= 4 is 40.7 Å². The Hall–Kier alpha value is -2.18. The molecule has 0 bridgehead atoms. The summed E-state index contributed by atoms with van der Waals surface area (Å²) in [5, 5.41) is 5.25. The Labute approximate surface area is 135 Å². The van der Waals surface area contributed by atoms with Crippen LogP contribution in [0.15, 0.2) is 36.5 Å². The molecule has 0 aliphatic carbocycles. The average Bonchev–Trinajstić information content (AvgIpc) is 2.47. The van der Waals surface area contributed by atoms with Crippen molar-refractivity contribution in [2.45, 2.75) is 0 Å². The van der Waals surface area contributed by atoms with E-state index in [-0.39, 0.29) is 22.9 Å². The molecule has 22 heavy (non-hydrogen) atoms. The number of nitrogens with one attached hydrogen (secondary N) is 2. The quantitative estimate of drug-likeness (QED) is 0.898. The van der Waals surface area contributed by atoms with Crippen molar-refractivity contribution in [1.82, 2.24) is 10.3 Å². The van der Waals surface area contributed by atoms with Gasteiger partial charge < -0.3 is 10.6 Å². The van der Waals surface area contributed by atoms with E-state index in [1.165, 1.54) is 30.5 Å². The Balaban J connectivity index is 1.91. The van der Waals surface area contributed by atoms with Crippen molar-refractivity contribution in [1.29, 1.82) is 0 Å². The first-order valence-electron chi connectivity index (χ1n) is 6.10. The summed E-state index contributed by atoms with van der Waals surface area (Å²) >= 11 is 11.3. The lowest BCUT2D eigenvalue weighted by molar-refractivity contribution is -0.115. The Kier molecular flexibility index (Phi) is 5.30. The summed E-state index contributed by atoms with van der Waals surface area (Å²) in [6.45, 7) is -0.338. The number of benzene rings is 1. The summed E-state index contributed by atoms with van der Waals surface area (Å²) in [7, 11) is 0. The highest BCUT2D eigenvalue weighted by molar-refractivity contribution is 6.31. The van der Waals surface area contributed by atoms with E-state index in [0.717, 1.165) is 6.07 Å². The molecule has 0 spiro atoms. The zero-order valence-electron chi connectivity index (χ0n) is 11.1. The molecule has 0 unspecified atom stereocenters. The van der Waals surface area contributed by atoms with E-state index in [1.54, 1.807) is 0 Å². The molecule has 1 heterocycles. The molecule has 0 radical (unpaired) electrons. The van der Waals surface area contributed by atoms with E-state index in [1.807, 2.05) is 0 Å². The largest absolute Gasteiger partial charge is 0.342 e. The fourth-order valence-electron chi connectivity index (χ4n) is 1.57. The van der Waals surface area contributed by atoms with Gasteiger partial charge in [0.15, 0.2) is 0 Å². The number of nitrogens with zero attached hydrogens (tertiary/aromatic N) is 1. The number of carbonyl (C=O) groups excluding carboxylic acids is 2. The second-order valence-electron chi connectivity index (χ2n) is 4.21. The molecular weight excluding hydrogens is 332 g/mol. The summed E-state index contributed by atoms with van der Waals surface area (Å²) in [5.74, 6) is -1.81. The van der Waals surface area contributed by atoms with Crippen molar-refractivity contribution in [2.75, 3.05) is 11.9 Å². The molecule has 2 aromatic rings. The highest BCUT2D eigenvalue weighted by atomic mass is 35.5. The number of anilines is 1. The molecule has 0 fully saturated rings. The lowest BCUT2D eigenvalue weighted by atomic mass is 10.3. The molecule has 1 aromatic carbocycles. The number of rotatable bonds is 4. The van der Waals surface area contributed by atoms with Gasteiger partial charge in [-0.25, -0.2) is 4.39 Å². The van der Waals surface area contributed by atoms with Crippen molar-refractivity contribution in [3.8, 4) is 0 Å². The lowest BCUT2D eigenvalue weighted by Crippen LogP contribution is -2.33. The number of amides is 2. The van der Waals surface area contributed by atoms with Gasteiger partial charge in [-0.15, -0.1) is 0 Å². The minimum atomic E-state index is -0.663. The van der Waals surface area contributed by atoms with Gasteiger partial charge in [0.2, 0.25) is 5.91 Å². The number of pyridine rings is 1. The number of halogens is 3. The molecule has 5 nitrogen and oxygen atoms in total. The van der Waals surface area contributed by atoms with Gasteiger partial charge in [0.1, 0.15) is 11.5 Å². The Bertz CT molecular complexity index is 725. The summed E-state index contributed by atoms with van der Waals surface area (Å²) in [5.41, 5.74) is 0.0579. The molecule has 0 saturated heterocycles. The van der Waals surface area contributed by atoms with Crippen molar-refractivity contribution in [3.05, 3.63) is 58.1 Å². The molecule has 2 rings (SSSR count). The molecule has 0 aliphatic rings. The van der Waals surface area contributed by atoms with Crippen LogP contribution in [0.4, 0.5) is 10.1 Å². The Morgan fingerprint density at radius 2 is 1.86 bits per heavy atom. The van der Waals surface area contributed by atoms with Crippen LogP contribution in [0, 0.1) is 5.82 Å². The zero-order chi connectivity index (χ0) is 16.1. The number of hydrogen-bond acceptors (Lipinski definition) is 3. The monoisotopic (exact) mass is 341 g/mol. The third kappa shape index (κ3) is 4.41. The van der Waals surface area contributed by atoms with Gasteiger partial charge in [-0.05, 0) is 30.3 Å². The van der Waals surface area contributed by atoms with Crippen LogP contribution in [0.3, 0.4) is 0 Å². The van der Waals surface area contributed by atoms with Crippen LogP contribution in [0.5, 0.6) is 0 Å². The summed E-state index contributed by atoms with van der Waals surface area (Å²) in [6.07, 6.45) is 1.38.